The first-order valence-electron chi connectivity index (χ1n) is 3.92. The molecule has 0 aromatic heterocycles. The van der Waals surface area contributed by atoms with Crippen LogP contribution in [0, 0.1) is 0 Å². The van der Waals surface area contributed by atoms with Crippen molar-refractivity contribution in [1.29, 1.82) is 0 Å². The standard InChI is InChI=1S/C11H12O/c1-2-3-9-11(12)10-7-5-4-6-8-10/h2-9,12H,1H3. The number of hydrogen-bond acceptors (Lipinski definition) is 1. The summed E-state index contributed by atoms with van der Waals surface area (Å²) in [4.78, 5) is 0. The highest BCUT2D eigenvalue weighted by atomic mass is 16.3. The van der Waals surface area contributed by atoms with Gasteiger partial charge in [-0.2, -0.15) is 0 Å². The molecule has 1 nitrogen and oxygen atoms in total. The molecule has 1 heteroatoms. The minimum atomic E-state index is 0.300. The molecule has 0 saturated heterocycles. The molecule has 0 atom stereocenters. The van der Waals surface area contributed by atoms with Crippen LogP contribution in [0.4, 0.5) is 0 Å². The first kappa shape index (κ1) is 8.60. The first-order valence-corrected chi connectivity index (χ1v) is 3.92. The lowest BCUT2D eigenvalue weighted by Crippen LogP contribution is -1.79. The predicted octanol–water partition coefficient (Wildman–Crippen LogP) is 3.16. The van der Waals surface area contributed by atoms with Crippen LogP contribution in [0.25, 0.3) is 5.76 Å². The van der Waals surface area contributed by atoms with Crippen molar-refractivity contribution in [2.75, 3.05) is 0 Å². The highest BCUT2D eigenvalue weighted by molar-refractivity contribution is 5.59. The minimum absolute atomic E-state index is 0.300. The third-order valence-electron chi connectivity index (χ3n) is 1.52. The Balaban J connectivity index is 2.85. The van der Waals surface area contributed by atoms with Crippen LogP contribution in [-0.2, 0) is 0 Å². The van der Waals surface area contributed by atoms with E-state index in [1.165, 1.54) is 0 Å². The Kier molecular flexibility index (Phi) is 3.15. The lowest BCUT2D eigenvalue weighted by atomic mass is 10.2. The van der Waals surface area contributed by atoms with Crippen LogP contribution >= 0.6 is 0 Å². The van der Waals surface area contributed by atoms with Crippen LogP contribution in [0.5, 0.6) is 0 Å². The zero-order chi connectivity index (χ0) is 8.81. The van der Waals surface area contributed by atoms with E-state index in [0.717, 1.165) is 5.56 Å². The molecule has 1 N–H and O–H groups in total. The van der Waals surface area contributed by atoms with Crippen molar-refractivity contribution in [3.63, 3.8) is 0 Å². The van der Waals surface area contributed by atoms with Gasteiger partial charge in [0.2, 0.25) is 0 Å². The zero-order valence-corrected chi connectivity index (χ0v) is 7.07. The van der Waals surface area contributed by atoms with E-state index in [4.69, 9.17) is 0 Å². The van der Waals surface area contributed by atoms with Gasteiger partial charge >= 0.3 is 0 Å². The lowest BCUT2D eigenvalue weighted by molar-refractivity contribution is 0.512. The average Bonchev–Trinajstić information content (AvgIpc) is 2.15. The first-order chi connectivity index (χ1) is 5.84. The molecule has 0 radical (unpaired) electrons. The van der Waals surface area contributed by atoms with Crippen LogP contribution < -0.4 is 0 Å². The number of hydrogen-bond donors (Lipinski definition) is 1. The second kappa shape index (κ2) is 4.39. The van der Waals surface area contributed by atoms with E-state index >= 15 is 0 Å². The fourth-order valence-corrected chi connectivity index (χ4v) is 0.893. The number of allylic oxidation sites excluding steroid dienone is 3. The molecular weight excluding hydrogens is 148 g/mol. The molecule has 0 saturated carbocycles. The summed E-state index contributed by atoms with van der Waals surface area (Å²) in [7, 11) is 0. The fourth-order valence-electron chi connectivity index (χ4n) is 0.893. The lowest BCUT2D eigenvalue weighted by Gasteiger charge is -1.96. The van der Waals surface area contributed by atoms with Crippen molar-refractivity contribution in [2.24, 2.45) is 0 Å². The Hall–Kier alpha value is -1.50. The molecule has 0 aliphatic heterocycles. The molecule has 0 aliphatic carbocycles. The molecule has 12 heavy (non-hydrogen) atoms. The molecule has 1 aromatic rings. The maximum absolute atomic E-state index is 9.46. The van der Waals surface area contributed by atoms with Gasteiger partial charge in [-0.05, 0) is 13.0 Å². The zero-order valence-electron chi connectivity index (χ0n) is 7.07. The van der Waals surface area contributed by atoms with Crippen molar-refractivity contribution in [1.82, 2.24) is 0 Å². The molecule has 1 rings (SSSR count). The maximum atomic E-state index is 9.46. The Morgan fingerprint density at radius 1 is 1.25 bits per heavy atom. The summed E-state index contributed by atoms with van der Waals surface area (Å²) in [5.41, 5.74) is 0.843. The van der Waals surface area contributed by atoms with E-state index in [2.05, 4.69) is 0 Å². The van der Waals surface area contributed by atoms with Gasteiger partial charge in [-0.1, -0.05) is 42.5 Å². The van der Waals surface area contributed by atoms with Crippen molar-refractivity contribution in [3.05, 3.63) is 54.1 Å². The molecule has 0 amide bonds. The van der Waals surface area contributed by atoms with Crippen molar-refractivity contribution in [2.45, 2.75) is 6.92 Å². The Morgan fingerprint density at radius 2 is 1.92 bits per heavy atom. The van der Waals surface area contributed by atoms with E-state index in [-0.39, 0.29) is 0 Å². The van der Waals surface area contributed by atoms with Gasteiger partial charge in [0.25, 0.3) is 0 Å². The third-order valence-corrected chi connectivity index (χ3v) is 1.52. The van der Waals surface area contributed by atoms with Crippen LogP contribution in [-0.4, -0.2) is 5.11 Å². The predicted molar refractivity (Wildman–Crippen MR) is 51.9 cm³/mol. The van der Waals surface area contributed by atoms with E-state index in [0.29, 0.717) is 5.76 Å². The van der Waals surface area contributed by atoms with E-state index in [1.54, 1.807) is 6.08 Å². The van der Waals surface area contributed by atoms with E-state index in [1.807, 2.05) is 49.4 Å². The highest BCUT2D eigenvalue weighted by Crippen LogP contribution is 2.09. The van der Waals surface area contributed by atoms with Crippen molar-refractivity contribution >= 4 is 5.76 Å². The second-order valence-corrected chi connectivity index (χ2v) is 2.44. The van der Waals surface area contributed by atoms with Crippen molar-refractivity contribution in [3.8, 4) is 0 Å². The van der Waals surface area contributed by atoms with E-state index < -0.39 is 0 Å². The molecule has 0 unspecified atom stereocenters. The summed E-state index contributed by atoms with van der Waals surface area (Å²) >= 11 is 0. The molecule has 0 aliphatic rings. The summed E-state index contributed by atoms with van der Waals surface area (Å²) in [5.74, 6) is 0.300. The van der Waals surface area contributed by atoms with Gasteiger partial charge in [-0.25, -0.2) is 0 Å². The number of aliphatic hydroxyl groups is 1. The summed E-state index contributed by atoms with van der Waals surface area (Å²) in [6.07, 6.45) is 5.36. The second-order valence-electron chi connectivity index (χ2n) is 2.44. The molecule has 1 aromatic carbocycles. The van der Waals surface area contributed by atoms with Crippen LogP contribution in [0.15, 0.2) is 48.6 Å². The third kappa shape index (κ3) is 2.27. The maximum Gasteiger partial charge on any atom is 0.122 e. The quantitative estimate of drug-likeness (QED) is 0.520. The molecular formula is C11H12O. The van der Waals surface area contributed by atoms with Gasteiger partial charge < -0.3 is 5.11 Å². The van der Waals surface area contributed by atoms with Crippen LogP contribution in [0.3, 0.4) is 0 Å². The number of rotatable bonds is 2. The monoisotopic (exact) mass is 160 g/mol. The van der Waals surface area contributed by atoms with Crippen LogP contribution in [0.1, 0.15) is 12.5 Å². The van der Waals surface area contributed by atoms with Gasteiger partial charge in [0.1, 0.15) is 5.76 Å². The van der Waals surface area contributed by atoms with Gasteiger partial charge in [-0.3, -0.25) is 0 Å². The Bertz CT molecular complexity index is 283. The Labute approximate surface area is 72.7 Å². The molecule has 0 fully saturated rings. The summed E-state index contributed by atoms with van der Waals surface area (Å²) in [5, 5.41) is 9.46. The van der Waals surface area contributed by atoms with E-state index in [9.17, 15) is 5.11 Å². The summed E-state index contributed by atoms with van der Waals surface area (Å²) < 4.78 is 0. The molecule has 0 spiro atoms. The normalized spacial score (nSPS) is 12.2. The van der Waals surface area contributed by atoms with Gasteiger partial charge in [0, 0.05) is 5.56 Å². The SMILES string of the molecule is CC=CC=C(O)c1ccccc1. The average molecular weight is 160 g/mol. The molecule has 62 valence electrons. The minimum Gasteiger partial charge on any atom is -0.507 e. The van der Waals surface area contributed by atoms with Gasteiger partial charge in [0.05, 0.1) is 0 Å². The Morgan fingerprint density at radius 3 is 2.50 bits per heavy atom. The molecule has 0 heterocycles. The summed E-state index contributed by atoms with van der Waals surface area (Å²) in [6, 6.07) is 9.46. The topological polar surface area (TPSA) is 20.2 Å². The number of benzene rings is 1. The largest absolute Gasteiger partial charge is 0.507 e. The highest BCUT2D eigenvalue weighted by Gasteiger charge is 1.93. The smallest absolute Gasteiger partial charge is 0.122 e. The molecule has 0 bridgehead atoms. The fraction of sp³-hybridized carbons (Fsp3) is 0.0909. The summed E-state index contributed by atoms with van der Waals surface area (Å²) in [6.45, 7) is 1.91. The number of aliphatic hydroxyl groups excluding tert-OH is 1. The van der Waals surface area contributed by atoms with Crippen molar-refractivity contribution < 1.29 is 5.11 Å². The van der Waals surface area contributed by atoms with Gasteiger partial charge in [-0.15, -0.1) is 0 Å². The van der Waals surface area contributed by atoms with Crippen LogP contribution in [0.2, 0.25) is 0 Å². The van der Waals surface area contributed by atoms with Gasteiger partial charge in [0.15, 0.2) is 0 Å².